The second-order valence-corrected chi connectivity index (χ2v) is 7.84. The number of aliphatic hydroxyl groups is 1. The minimum Gasteiger partial charge on any atom is -0.487 e. The van der Waals surface area contributed by atoms with E-state index in [0.29, 0.717) is 23.7 Å². The van der Waals surface area contributed by atoms with Crippen LogP contribution in [0, 0.1) is 6.92 Å². The first-order chi connectivity index (χ1) is 15.1. The zero-order valence-electron chi connectivity index (χ0n) is 17.5. The van der Waals surface area contributed by atoms with Gasteiger partial charge in [-0.15, -0.1) is 0 Å². The third kappa shape index (κ3) is 5.24. The van der Waals surface area contributed by atoms with Crippen molar-refractivity contribution in [3.63, 3.8) is 0 Å². The van der Waals surface area contributed by atoms with Crippen LogP contribution in [0.15, 0.2) is 55.1 Å². The highest BCUT2D eigenvalue weighted by Gasteiger charge is 2.25. The number of aromatic nitrogens is 3. The fraction of sp³-hybridized carbons (Fsp3) is 0.333. The Bertz CT molecular complexity index is 1040. The van der Waals surface area contributed by atoms with Gasteiger partial charge in [0.05, 0.1) is 18.3 Å². The van der Waals surface area contributed by atoms with E-state index in [-0.39, 0.29) is 11.9 Å². The highest BCUT2D eigenvalue weighted by molar-refractivity contribution is 5.94. The van der Waals surface area contributed by atoms with Gasteiger partial charge in [-0.25, -0.2) is 9.97 Å². The van der Waals surface area contributed by atoms with E-state index in [2.05, 4.69) is 20.3 Å². The predicted octanol–water partition coefficient (Wildman–Crippen LogP) is 3.46. The highest BCUT2D eigenvalue weighted by Crippen LogP contribution is 2.22. The van der Waals surface area contributed by atoms with Crippen LogP contribution in [0.3, 0.4) is 0 Å². The molecule has 1 aromatic carbocycles. The van der Waals surface area contributed by atoms with E-state index in [0.717, 1.165) is 42.4 Å². The fourth-order valence-corrected chi connectivity index (χ4v) is 3.73. The lowest BCUT2D eigenvalue weighted by Crippen LogP contribution is -2.45. The zero-order chi connectivity index (χ0) is 21.6. The van der Waals surface area contributed by atoms with E-state index in [1.54, 1.807) is 36.9 Å². The molecule has 0 bridgehead atoms. The van der Waals surface area contributed by atoms with E-state index < -0.39 is 6.10 Å². The molecule has 1 fully saturated rings. The fourth-order valence-electron chi connectivity index (χ4n) is 3.73. The number of ether oxygens (including phenoxy) is 1. The summed E-state index contributed by atoms with van der Waals surface area (Å²) in [6, 6.07) is 8.99. The van der Waals surface area contributed by atoms with Gasteiger partial charge in [-0.05, 0) is 55.2 Å². The Labute approximate surface area is 181 Å². The Hall–Kier alpha value is -3.32. The number of carbonyl (C=O) groups excluding carboxylic acids is 1. The second kappa shape index (κ2) is 9.66. The summed E-state index contributed by atoms with van der Waals surface area (Å²) in [6.45, 7) is 2.29. The maximum Gasteiger partial charge on any atom is 0.251 e. The van der Waals surface area contributed by atoms with Crippen LogP contribution in [-0.4, -0.2) is 38.1 Å². The number of hydrogen-bond acceptors (Lipinski definition) is 6. The van der Waals surface area contributed by atoms with Crippen LogP contribution in [0.4, 0.5) is 0 Å². The predicted molar refractivity (Wildman–Crippen MR) is 117 cm³/mol. The molecule has 0 unspecified atom stereocenters. The van der Waals surface area contributed by atoms with Crippen molar-refractivity contribution in [2.24, 2.45) is 0 Å². The lowest BCUT2D eigenvalue weighted by Gasteiger charge is -2.28. The smallest absolute Gasteiger partial charge is 0.251 e. The van der Waals surface area contributed by atoms with Crippen LogP contribution in [0.2, 0.25) is 0 Å². The highest BCUT2D eigenvalue weighted by atomic mass is 16.5. The van der Waals surface area contributed by atoms with Crippen LogP contribution in [0.1, 0.15) is 47.2 Å². The average molecular weight is 418 g/mol. The number of aliphatic hydroxyl groups excluding tert-OH is 1. The normalized spacial score (nSPS) is 18.4. The minimum absolute atomic E-state index is 0.169. The average Bonchev–Trinajstić information content (AvgIpc) is 2.81. The van der Waals surface area contributed by atoms with Crippen LogP contribution < -0.4 is 10.1 Å². The number of nitrogens with zero attached hydrogens (tertiary/aromatic N) is 3. The molecule has 1 aliphatic rings. The Balaban J connectivity index is 1.44. The largest absolute Gasteiger partial charge is 0.487 e. The molecule has 31 heavy (non-hydrogen) atoms. The third-order valence-electron chi connectivity index (χ3n) is 5.59. The Kier molecular flexibility index (Phi) is 6.52. The van der Waals surface area contributed by atoms with E-state index in [9.17, 15) is 9.90 Å². The minimum atomic E-state index is -0.473. The van der Waals surface area contributed by atoms with E-state index in [1.807, 2.05) is 25.1 Å². The van der Waals surface area contributed by atoms with Gasteiger partial charge in [-0.1, -0.05) is 18.9 Å². The maximum atomic E-state index is 12.7. The molecule has 2 N–H and O–H groups in total. The first-order valence-electron chi connectivity index (χ1n) is 10.5. The maximum absolute atomic E-state index is 12.7. The first kappa shape index (κ1) is 20.9. The molecule has 1 aliphatic carbocycles. The molecule has 1 saturated carbocycles. The standard InChI is InChI=1S/C24H26N4O3/c1-16-7-8-17(24(30)28-21-5-2-3-6-22(21)29)11-19(16)15-31-20-12-18(13-25-14-20)23-26-9-4-10-27-23/h4,7-14,21-22,29H,2-3,5-6,15H2,1H3,(H,28,30)/t21-,22-/m0/s1. The number of hydrogen-bond donors (Lipinski definition) is 2. The lowest BCUT2D eigenvalue weighted by atomic mass is 9.92. The van der Waals surface area contributed by atoms with Crippen molar-refractivity contribution >= 4 is 5.91 Å². The van der Waals surface area contributed by atoms with Gasteiger partial charge < -0.3 is 15.2 Å². The van der Waals surface area contributed by atoms with Crippen molar-refractivity contribution in [2.45, 2.75) is 51.4 Å². The van der Waals surface area contributed by atoms with Gasteiger partial charge in [-0.2, -0.15) is 0 Å². The molecule has 4 rings (SSSR count). The molecular weight excluding hydrogens is 392 g/mol. The van der Waals surface area contributed by atoms with Crippen molar-refractivity contribution in [3.8, 4) is 17.1 Å². The number of pyridine rings is 1. The monoisotopic (exact) mass is 418 g/mol. The topological polar surface area (TPSA) is 97.2 Å². The van der Waals surface area contributed by atoms with Crippen molar-refractivity contribution in [1.29, 1.82) is 0 Å². The van der Waals surface area contributed by atoms with Crippen LogP contribution >= 0.6 is 0 Å². The number of nitrogens with one attached hydrogen (secondary N) is 1. The van der Waals surface area contributed by atoms with Gasteiger partial charge in [0.25, 0.3) is 5.91 Å². The first-order valence-corrected chi connectivity index (χ1v) is 10.5. The summed E-state index contributed by atoms with van der Waals surface area (Å²) in [6.07, 6.45) is 9.80. The molecule has 1 amide bonds. The van der Waals surface area contributed by atoms with Crippen molar-refractivity contribution in [3.05, 3.63) is 71.8 Å². The number of aryl methyl sites for hydroxylation is 1. The Morgan fingerprint density at radius 2 is 1.97 bits per heavy atom. The molecule has 3 aromatic rings. The van der Waals surface area contributed by atoms with E-state index in [4.69, 9.17) is 4.74 Å². The van der Waals surface area contributed by atoms with Gasteiger partial charge in [-0.3, -0.25) is 9.78 Å². The van der Waals surface area contributed by atoms with E-state index >= 15 is 0 Å². The number of amides is 1. The Morgan fingerprint density at radius 1 is 1.16 bits per heavy atom. The molecule has 2 atom stereocenters. The zero-order valence-corrected chi connectivity index (χ0v) is 17.5. The molecule has 2 heterocycles. The molecule has 0 saturated heterocycles. The summed E-state index contributed by atoms with van der Waals surface area (Å²) in [4.78, 5) is 25.4. The molecule has 0 radical (unpaired) electrons. The van der Waals surface area contributed by atoms with Crippen LogP contribution in [0.25, 0.3) is 11.4 Å². The summed E-state index contributed by atoms with van der Waals surface area (Å²) >= 11 is 0. The lowest BCUT2D eigenvalue weighted by molar-refractivity contribution is 0.0717. The second-order valence-electron chi connectivity index (χ2n) is 7.84. The number of rotatable bonds is 6. The molecule has 0 aliphatic heterocycles. The summed E-state index contributed by atoms with van der Waals surface area (Å²) in [5, 5.41) is 13.1. The van der Waals surface area contributed by atoms with Gasteiger partial charge in [0.1, 0.15) is 12.4 Å². The van der Waals surface area contributed by atoms with Gasteiger partial charge in [0, 0.05) is 29.7 Å². The van der Waals surface area contributed by atoms with Crippen LogP contribution in [-0.2, 0) is 6.61 Å². The van der Waals surface area contributed by atoms with Crippen LogP contribution in [0.5, 0.6) is 5.75 Å². The molecule has 7 nitrogen and oxygen atoms in total. The quantitative estimate of drug-likeness (QED) is 0.636. The summed E-state index contributed by atoms with van der Waals surface area (Å²) in [7, 11) is 0. The SMILES string of the molecule is Cc1ccc(C(=O)N[C@H]2CCCC[C@@H]2O)cc1COc1cncc(-c2ncccn2)c1. The van der Waals surface area contributed by atoms with Gasteiger partial charge >= 0.3 is 0 Å². The molecular formula is C24H26N4O3. The van der Waals surface area contributed by atoms with Crippen molar-refractivity contribution in [1.82, 2.24) is 20.3 Å². The van der Waals surface area contributed by atoms with Crippen molar-refractivity contribution in [2.75, 3.05) is 0 Å². The van der Waals surface area contributed by atoms with E-state index in [1.165, 1.54) is 0 Å². The van der Waals surface area contributed by atoms with Gasteiger partial charge in [0.15, 0.2) is 5.82 Å². The molecule has 0 spiro atoms. The number of carbonyl (C=O) groups is 1. The van der Waals surface area contributed by atoms with Gasteiger partial charge in [0.2, 0.25) is 0 Å². The molecule has 160 valence electrons. The van der Waals surface area contributed by atoms with Crippen molar-refractivity contribution < 1.29 is 14.6 Å². The molecule has 2 aromatic heterocycles. The Morgan fingerprint density at radius 3 is 2.77 bits per heavy atom. The molecule has 7 heteroatoms. The summed E-state index contributed by atoms with van der Waals surface area (Å²) in [5.41, 5.74) is 3.28. The summed E-state index contributed by atoms with van der Waals surface area (Å²) in [5.74, 6) is 1.02. The summed E-state index contributed by atoms with van der Waals surface area (Å²) < 4.78 is 5.95. The number of benzene rings is 1. The third-order valence-corrected chi connectivity index (χ3v) is 5.59.